The summed E-state index contributed by atoms with van der Waals surface area (Å²) < 4.78 is 37.0. The van der Waals surface area contributed by atoms with E-state index in [0.29, 0.717) is 12.1 Å². The lowest BCUT2D eigenvalue weighted by molar-refractivity contribution is -0.140. The summed E-state index contributed by atoms with van der Waals surface area (Å²) in [7, 11) is 0. The van der Waals surface area contributed by atoms with Gasteiger partial charge in [0.15, 0.2) is 0 Å². The predicted octanol–water partition coefficient (Wildman–Crippen LogP) is 2.01. The molecule has 1 fully saturated rings. The fourth-order valence-corrected chi connectivity index (χ4v) is 1.79. The molecule has 3 nitrogen and oxygen atoms in total. The van der Waals surface area contributed by atoms with Gasteiger partial charge in [-0.2, -0.15) is 13.2 Å². The molecule has 1 aliphatic rings. The summed E-state index contributed by atoms with van der Waals surface area (Å²) in [6.45, 7) is 0.501. The standard InChI is InChI=1S/C12H10F3NO2/c13-12(14,15)9-3-1-8(2-4-9)7-16-6-5-10(17)11(16)18/h1-4H,5-7H2. The number of halogens is 3. The van der Waals surface area contributed by atoms with Gasteiger partial charge in [0, 0.05) is 19.5 Å². The van der Waals surface area contributed by atoms with Crippen LogP contribution in [0.4, 0.5) is 13.2 Å². The summed E-state index contributed by atoms with van der Waals surface area (Å²) >= 11 is 0. The molecule has 0 N–H and O–H groups in total. The number of carbonyl (C=O) groups is 2. The number of Topliss-reactive ketones (excluding diaryl/α,β-unsaturated/α-hetero) is 1. The highest BCUT2D eigenvalue weighted by atomic mass is 19.4. The number of likely N-dealkylation sites (tertiary alicyclic amines) is 1. The van der Waals surface area contributed by atoms with Crippen LogP contribution in [0.5, 0.6) is 0 Å². The molecule has 0 spiro atoms. The summed E-state index contributed by atoms with van der Waals surface area (Å²) in [5, 5.41) is 0. The van der Waals surface area contributed by atoms with Crippen LogP contribution in [0.3, 0.4) is 0 Å². The molecule has 1 aromatic carbocycles. The van der Waals surface area contributed by atoms with E-state index in [1.807, 2.05) is 0 Å². The van der Waals surface area contributed by atoms with Crippen LogP contribution < -0.4 is 0 Å². The van der Waals surface area contributed by atoms with Crippen LogP contribution in [0.1, 0.15) is 17.5 Å². The molecule has 1 amide bonds. The van der Waals surface area contributed by atoms with Crippen molar-refractivity contribution < 1.29 is 22.8 Å². The molecule has 18 heavy (non-hydrogen) atoms. The molecule has 0 atom stereocenters. The third kappa shape index (κ3) is 2.52. The van der Waals surface area contributed by atoms with Gasteiger partial charge in [-0.3, -0.25) is 9.59 Å². The highest BCUT2D eigenvalue weighted by Crippen LogP contribution is 2.29. The quantitative estimate of drug-likeness (QED) is 0.760. The highest BCUT2D eigenvalue weighted by Gasteiger charge is 2.31. The highest BCUT2D eigenvalue weighted by molar-refractivity contribution is 6.37. The second-order valence-corrected chi connectivity index (χ2v) is 4.09. The number of rotatable bonds is 2. The molecule has 96 valence electrons. The molecule has 0 aromatic heterocycles. The zero-order chi connectivity index (χ0) is 13.3. The van der Waals surface area contributed by atoms with Crippen molar-refractivity contribution in [2.45, 2.75) is 19.1 Å². The fourth-order valence-electron chi connectivity index (χ4n) is 1.79. The Kier molecular flexibility index (Phi) is 3.11. The van der Waals surface area contributed by atoms with E-state index in [0.717, 1.165) is 12.1 Å². The van der Waals surface area contributed by atoms with Gasteiger partial charge < -0.3 is 4.90 Å². The molecule has 2 rings (SSSR count). The van der Waals surface area contributed by atoms with Crippen molar-refractivity contribution in [1.82, 2.24) is 4.90 Å². The van der Waals surface area contributed by atoms with Gasteiger partial charge in [-0.25, -0.2) is 0 Å². The first-order valence-corrected chi connectivity index (χ1v) is 5.36. The third-order valence-electron chi connectivity index (χ3n) is 2.79. The number of benzene rings is 1. The van der Waals surface area contributed by atoms with Crippen LogP contribution in [-0.4, -0.2) is 23.1 Å². The van der Waals surface area contributed by atoms with Crippen LogP contribution in [0.15, 0.2) is 24.3 Å². The van der Waals surface area contributed by atoms with Crippen molar-refractivity contribution in [3.63, 3.8) is 0 Å². The van der Waals surface area contributed by atoms with Gasteiger partial charge in [0.1, 0.15) is 0 Å². The van der Waals surface area contributed by atoms with Crippen LogP contribution in [0.2, 0.25) is 0 Å². The summed E-state index contributed by atoms with van der Waals surface area (Å²) in [6, 6.07) is 4.58. The number of hydrogen-bond acceptors (Lipinski definition) is 2. The number of nitrogens with zero attached hydrogens (tertiary/aromatic N) is 1. The van der Waals surface area contributed by atoms with Gasteiger partial charge in [-0.15, -0.1) is 0 Å². The van der Waals surface area contributed by atoms with Crippen molar-refractivity contribution in [3.05, 3.63) is 35.4 Å². The van der Waals surface area contributed by atoms with Crippen molar-refractivity contribution in [2.75, 3.05) is 6.54 Å². The summed E-state index contributed by atoms with van der Waals surface area (Å²) in [5.74, 6) is -1.00. The van der Waals surface area contributed by atoms with E-state index >= 15 is 0 Å². The number of carbonyl (C=O) groups excluding carboxylic acids is 2. The molecular formula is C12H10F3NO2. The Hall–Kier alpha value is -1.85. The first-order valence-electron chi connectivity index (χ1n) is 5.36. The van der Waals surface area contributed by atoms with E-state index in [2.05, 4.69) is 0 Å². The van der Waals surface area contributed by atoms with Gasteiger partial charge in [0.2, 0.25) is 5.78 Å². The van der Waals surface area contributed by atoms with E-state index in [9.17, 15) is 22.8 Å². The minimum absolute atomic E-state index is 0.169. The maximum absolute atomic E-state index is 12.3. The zero-order valence-electron chi connectivity index (χ0n) is 9.33. The first kappa shape index (κ1) is 12.6. The number of hydrogen-bond donors (Lipinski definition) is 0. The summed E-state index contributed by atoms with van der Waals surface area (Å²) in [4.78, 5) is 23.7. The molecule has 1 heterocycles. The monoisotopic (exact) mass is 257 g/mol. The molecule has 0 radical (unpaired) electrons. The molecule has 1 saturated heterocycles. The largest absolute Gasteiger partial charge is 0.416 e. The Morgan fingerprint density at radius 1 is 1.11 bits per heavy atom. The predicted molar refractivity (Wildman–Crippen MR) is 56.5 cm³/mol. The Bertz CT molecular complexity index is 479. The minimum Gasteiger partial charge on any atom is -0.331 e. The van der Waals surface area contributed by atoms with E-state index in [1.54, 1.807) is 0 Å². The van der Waals surface area contributed by atoms with E-state index < -0.39 is 23.4 Å². The number of amides is 1. The van der Waals surface area contributed by atoms with Gasteiger partial charge >= 0.3 is 6.18 Å². The maximum Gasteiger partial charge on any atom is 0.416 e. The van der Waals surface area contributed by atoms with E-state index in [-0.39, 0.29) is 13.0 Å². The van der Waals surface area contributed by atoms with Crippen molar-refractivity contribution in [1.29, 1.82) is 0 Å². The SMILES string of the molecule is O=C1CCN(Cc2ccc(C(F)(F)F)cc2)C1=O. The second kappa shape index (κ2) is 4.44. The fraction of sp³-hybridized carbons (Fsp3) is 0.333. The number of alkyl halides is 3. The average molecular weight is 257 g/mol. The lowest BCUT2D eigenvalue weighted by Gasteiger charge is -2.15. The second-order valence-electron chi connectivity index (χ2n) is 4.09. The molecule has 1 aliphatic heterocycles. The molecule has 1 aromatic rings. The van der Waals surface area contributed by atoms with E-state index in [4.69, 9.17) is 0 Å². The summed E-state index contributed by atoms with van der Waals surface area (Å²) in [6.07, 6.45) is -4.18. The normalized spacial score (nSPS) is 16.5. The van der Waals surface area contributed by atoms with Gasteiger partial charge in [-0.1, -0.05) is 12.1 Å². The van der Waals surface area contributed by atoms with Crippen LogP contribution in [-0.2, 0) is 22.3 Å². The molecular weight excluding hydrogens is 247 g/mol. The summed E-state index contributed by atoms with van der Waals surface area (Å²) in [5.41, 5.74) is -0.152. The van der Waals surface area contributed by atoms with Crippen molar-refractivity contribution in [2.24, 2.45) is 0 Å². The van der Waals surface area contributed by atoms with Gasteiger partial charge in [0.05, 0.1) is 5.56 Å². The molecule has 0 bridgehead atoms. The molecule has 0 saturated carbocycles. The van der Waals surface area contributed by atoms with Crippen LogP contribution in [0.25, 0.3) is 0 Å². The lowest BCUT2D eigenvalue weighted by atomic mass is 10.1. The smallest absolute Gasteiger partial charge is 0.331 e. The van der Waals surface area contributed by atoms with E-state index in [1.165, 1.54) is 17.0 Å². The Morgan fingerprint density at radius 2 is 1.72 bits per heavy atom. The van der Waals surface area contributed by atoms with Crippen LogP contribution >= 0.6 is 0 Å². The third-order valence-corrected chi connectivity index (χ3v) is 2.79. The Balaban J connectivity index is 2.07. The Labute approximate surface area is 101 Å². The van der Waals surface area contributed by atoms with Crippen molar-refractivity contribution in [3.8, 4) is 0 Å². The minimum atomic E-state index is -4.36. The zero-order valence-corrected chi connectivity index (χ0v) is 9.33. The lowest BCUT2D eigenvalue weighted by Crippen LogP contribution is -2.26. The molecule has 0 unspecified atom stereocenters. The average Bonchev–Trinajstić information content (AvgIpc) is 2.61. The maximum atomic E-state index is 12.3. The van der Waals surface area contributed by atoms with Crippen molar-refractivity contribution >= 4 is 11.7 Å². The van der Waals surface area contributed by atoms with Gasteiger partial charge in [0.25, 0.3) is 5.91 Å². The first-order chi connectivity index (χ1) is 8.38. The topological polar surface area (TPSA) is 37.4 Å². The molecule has 6 heteroatoms. The Morgan fingerprint density at radius 3 is 2.17 bits per heavy atom. The number of ketones is 1. The molecule has 0 aliphatic carbocycles. The van der Waals surface area contributed by atoms with Crippen LogP contribution in [0, 0.1) is 0 Å². The van der Waals surface area contributed by atoms with Gasteiger partial charge in [-0.05, 0) is 17.7 Å².